The lowest BCUT2D eigenvalue weighted by Crippen LogP contribution is -2.26. The van der Waals surface area contributed by atoms with Crippen LogP contribution in [0.25, 0.3) is 22.2 Å². The molecule has 1 aromatic heterocycles. The summed E-state index contributed by atoms with van der Waals surface area (Å²) in [5.74, 6) is 0.823. The SMILES string of the molecule is COc1ccc(-c2cc(NCCCNCCCNC(=O)O)c3ccccc3n2)cc1. The van der Waals surface area contributed by atoms with Gasteiger partial charge in [-0.1, -0.05) is 18.2 Å². The van der Waals surface area contributed by atoms with Crippen molar-refractivity contribution in [1.82, 2.24) is 15.6 Å². The van der Waals surface area contributed by atoms with Crippen molar-refractivity contribution in [1.29, 1.82) is 0 Å². The number of pyridine rings is 1. The van der Waals surface area contributed by atoms with Crippen molar-refractivity contribution in [2.24, 2.45) is 0 Å². The van der Waals surface area contributed by atoms with Crippen LogP contribution in [0.3, 0.4) is 0 Å². The minimum Gasteiger partial charge on any atom is -0.497 e. The van der Waals surface area contributed by atoms with E-state index in [2.05, 4.69) is 28.1 Å². The molecule has 4 N–H and O–H groups in total. The van der Waals surface area contributed by atoms with Gasteiger partial charge in [-0.2, -0.15) is 0 Å². The summed E-state index contributed by atoms with van der Waals surface area (Å²) in [6, 6.07) is 18.1. The van der Waals surface area contributed by atoms with Gasteiger partial charge in [0.2, 0.25) is 0 Å². The number of nitrogens with zero attached hydrogens (tertiary/aromatic N) is 1. The number of fused-ring (bicyclic) bond motifs is 1. The lowest BCUT2D eigenvalue weighted by Gasteiger charge is -2.13. The summed E-state index contributed by atoms with van der Waals surface area (Å²) in [5, 5.41) is 18.9. The fourth-order valence-corrected chi connectivity index (χ4v) is 3.20. The summed E-state index contributed by atoms with van der Waals surface area (Å²) in [7, 11) is 1.66. The molecule has 0 aliphatic rings. The first-order valence-corrected chi connectivity index (χ1v) is 10.1. The normalized spacial score (nSPS) is 10.7. The van der Waals surface area contributed by atoms with Gasteiger partial charge in [-0.25, -0.2) is 9.78 Å². The summed E-state index contributed by atoms with van der Waals surface area (Å²) in [4.78, 5) is 15.2. The van der Waals surface area contributed by atoms with E-state index in [4.69, 9.17) is 14.8 Å². The molecule has 3 aromatic rings. The number of carboxylic acid groups (broad SMARTS) is 1. The molecule has 158 valence electrons. The monoisotopic (exact) mass is 408 g/mol. The van der Waals surface area contributed by atoms with E-state index in [1.54, 1.807) is 7.11 Å². The van der Waals surface area contributed by atoms with Crippen molar-refractivity contribution in [3.05, 3.63) is 54.6 Å². The number of nitrogens with one attached hydrogen (secondary N) is 3. The number of methoxy groups -OCH3 is 1. The Bertz CT molecular complexity index is 960. The van der Waals surface area contributed by atoms with E-state index in [0.717, 1.165) is 66.1 Å². The number of anilines is 1. The van der Waals surface area contributed by atoms with E-state index >= 15 is 0 Å². The quantitative estimate of drug-likeness (QED) is 0.359. The number of aromatic nitrogens is 1. The van der Waals surface area contributed by atoms with Crippen LogP contribution < -0.4 is 20.7 Å². The number of benzene rings is 2. The van der Waals surface area contributed by atoms with Gasteiger partial charge in [-0.15, -0.1) is 0 Å². The smallest absolute Gasteiger partial charge is 0.404 e. The Morgan fingerprint density at radius 3 is 2.47 bits per heavy atom. The highest BCUT2D eigenvalue weighted by atomic mass is 16.5. The van der Waals surface area contributed by atoms with Gasteiger partial charge in [0.15, 0.2) is 0 Å². The third-order valence-corrected chi connectivity index (χ3v) is 4.75. The maximum Gasteiger partial charge on any atom is 0.404 e. The second-order valence-corrected chi connectivity index (χ2v) is 6.92. The third kappa shape index (κ3) is 6.09. The molecule has 7 nitrogen and oxygen atoms in total. The first-order valence-electron chi connectivity index (χ1n) is 10.1. The highest BCUT2D eigenvalue weighted by Crippen LogP contribution is 2.29. The Morgan fingerprint density at radius 1 is 1.00 bits per heavy atom. The number of amides is 1. The van der Waals surface area contributed by atoms with Crippen LogP contribution >= 0.6 is 0 Å². The van der Waals surface area contributed by atoms with Crippen molar-refractivity contribution < 1.29 is 14.6 Å². The van der Waals surface area contributed by atoms with E-state index in [-0.39, 0.29) is 0 Å². The molecule has 0 bridgehead atoms. The minimum absolute atomic E-state index is 0.470. The molecule has 0 unspecified atom stereocenters. The Labute approximate surface area is 176 Å². The van der Waals surface area contributed by atoms with E-state index < -0.39 is 6.09 Å². The first kappa shape index (κ1) is 21.4. The second kappa shape index (κ2) is 11.0. The minimum atomic E-state index is -0.974. The van der Waals surface area contributed by atoms with E-state index in [1.165, 1.54) is 0 Å². The van der Waals surface area contributed by atoms with Gasteiger partial charge in [0.1, 0.15) is 5.75 Å². The zero-order chi connectivity index (χ0) is 21.2. The first-order chi connectivity index (χ1) is 14.7. The molecular weight excluding hydrogens is 380 g/mol. The summed E-state index contributed by atoms with van der Waals surface area (Å²) in [6.07, 6.45) is 0.763. The molecule has 0 saturated carbocycles. The maximum absolute atomic E-state index is 10.4. The highest BCUT2D eigenvalue weighted by Gasteiger charge is 2.07. The molecule has 1 heterocycles. The van der Waals surface area contributed by atoms with Crippen molar-refractivity contribution in [2.45, 2.75) is 12.8 Å². The van der Waals surface area contributed by atoms with Gasteiger partial charge in [0, 0.05) is 29.7 Å². The van der Waals surface area contributed by atoms with Crippen LogP contribution in [0.15, 0.2) is 54.6 Å². The number of ether oxygens (including phenoxy) is 1. The van der Waals surface area contributed by atoms with Crippen LogP contribution in [0.1, 0.15) is 12.8 Å². The maximum atomic E-state index is 10.4. The highest BCUT2D eigenvalue weighted by molar-refractivity contribution is 5.93. The number of hydrogen-bond acceptors (Lipinski definition) is 5. The van der Waals surface area contributed by atoms with Crippen LogP contribution in [-0.4, -0.2) is 49.5 Å². The number of carbonyl (C=O) groups is 1. The number of hydrogen-bond donors (Lipinski definition) is 4. The van der Waals surface area contributed by atoms with E-state index in [0.29, 0.717) is 6.54 Å². The fourth-order valence-electron chi connectivity index (χ4n) is 3.20. The van der Waals surface area contributed by atoms with Crippen LogP contribution in [0, 0.1) is 0 Å². The largest absolute Gasteiger partial charge is 0.497 e. The Kier molecular flexibility index (Phi) is 7.86. The molecule has 0 spiro atoms. The second-order valence-electron chi connectivity index (χ2n) is 6.92. The summed E-state index contributed by atoms with van der Waals surface area (Å²) >= 11 is 0. The van der Waals surface area contributed by atoms with Gasteiger partial charge in [-0.3, -0.25) is 0 Å². The van der Waals surface area contributed by atoms with Crippen LogP contribution in [-0.2, 0) is 0 Å². The predicted octanol–water partition coefficient (Wildman–Crippen LogP) is 3.96. The zero-order valence-electron chi connectivity index (χ0n) is 17.1. The van der Waals surface area contributed by atoms with Crippen LogP contribution in [0.5, 0.6) is 5.75 Å². The molecule has 0 aliphatic carbocycles. The third-order valence-electron chi connectivity index (χ3n) is 4.75. The molecule has 30 heavy (non-hydrogen) atoms. The van der Waals surface area contributed by atoms with Crippen molar-refractivity contribution >= 4 is 22.7 Å². The average molecular weight is 409 g/mol. The Balaban J connectivity index is 1.58. The Hall–Kier alpha value is -3.32. The fraction of sp³-hybridized carbons (Fsp3) is 0.304. The number of rotatable bonds is 11. The summed E-state index contributed by atoms with van der Waals surface area (Å²) < 4.78 is 5.25. The van der Waals surface area contributed by atoms with Crippen molar-refractivity contribution in [3.63, 3.8) is 0 Å². The van der Waals surface area contributed by atoms with Crippen LogP contribution in [0.4, 0.5) is 10.5 Å². The summed E-state index contributed by atoms with van der Waals surface area (Å²) in [5.41, 5.74) is 3.98. The van der Waals surface area contributed by atoms with Crippen molar-refractivity contribution in [2.75, 3.05) is 38.6 Å². The van der Waals surface area contributed by atoms with E-state index in [9.17, 15) is 4.79 Å². The lowest BCUT2D eigenvalue weighted by atomic mass is 10.1. The Morgan fingerprint density at radius 2 is 1.73 bits per heavy atom. The van der Waals surface area contributed by atoms with Gasteiger partial charge in [0.25, 0.3) is 0 Å². The average Bonchev–Trinajstić information content (AvgIpc) is 2.77. The van der Waals surface area contributed by atoms with Crippen LogP contribution in [0.2, 0.25) is 0 Å². The zero-order valence-corrected chi connectivity index (χ0v) is 17.1. The summed E-state index contributed by atoms with van der Waals surface area (Å²) in [6.45, 7) is 2.96. The molecular formula is C23H28N4O3. The van der Waals surface area contributed by atoms with Gasteiger partial charge < -0.3 is 25.8 Å². The van der Waals surface area contributed by atoms with Gasteiger partial charge in [-0.05, 0) is 62.3 Å². The molecule has 0 atom stereocenters. The van der Waals surface area contributed by atoms with Crippen molar-refractivity contribution in [3.8, 4) is 17.0 Å². The molecule has 1 amide bonds. The molecule has 0 radical (unpaired) electrons. The molecule has 3 rings (SSSR count). The van der Waals surface area contributed by atoms with Gasteiger partial charge in [0.05, 0.1) is 18.3 Å². The predicted molar refractivity (Wildman–Crippen MR) is 120 cm³/mol. The standard InChI is InChI=1S/C23H28N4O3/c1-30-18-10-8-17(9-11-18)21-16-22(19-6-2-3-7-20(19)27-21)25-14-4-12-24-13-5-15-26-23(28)29/h2-3,6-11,16,24,26H,4-5,12-15H2,1H3,(H,25,27)(H,28,29). The van der Waals surface area contributed by atoms with E-state index in [1.807, 2.05) is 42.5 Å². The topological polar surface area (TPSA) is 95.5 Å². The number of para-hydroxylation sites is 1. The molecule has 0 saturated heterocycles. The molecule has 0 aliphatic heterocycles. The lowest BCUT2D eigenvalue weighted by molar-refractivity contribution is 0.194. The molecule has 0 fully saturated rings. The molecule has 7 heteroatoms. The molecule has 2 aromatic carbocycles. The van der Waals surface area contributed by atoms with Gasteiger partial charge >= 0.3 is 6.09 Å².